The lowest BCUT2D eigenvalue weighted by Gasteiger charge is -2.41. The summed E-state index contributed by atoms with van der Waals surface area (Å²) in [6.45, 7) is 3.24. The van der Waals surface area contributed by atoms with Gasteiger partial charge in [-0.1, -0.05) is 13.3 Å². The van der Waals surface area contributed by atoms with Crippen molar-refractivity contribution in [3.05, 3.63) is 28.7 Å². The van der Waals surface area contributed by atoms with Crippen molar-refractivity contribution in [3.8, 4) is 0 Å². The van der Waals surface area contributed by atoms with Crippen LogP contribution in [0.4, 0.5) is 5.69 Å². The van der Waals surface area contributed by atoms with Gasteiger partial charge in [0.2, 0.25) is 5.43 Å². The molecular formula is C12H18N2O. The van der Waals surface area contributed by atoms with Crippen LogP contribution < -0.4 is 11.2 Å². The standard InChI is InChI=1S/C12H18N2O/c1-2-12(5-3-6-12)9-14-7-4-11(15)10(13)8-14/h4,7-8H,2-3,5-6,9,13H2,1H3. The molecular weight excluding hydrogens is 188 g/mol. The van der Waals surface area contributed by atoms with Gasteiger partial charge >= 0.3 is 0 Å². The van der Waals surface area contributed by atoms with Gasteiger partial charge in [-0.15, -0.1) is 0 Å². The van der Waals surface area contributed by atoms with E-state index < -0.39 is 0 Å². The third kappa shape index (κ3) is 1.91. The minimum Gasteiger partial charge on any atom is -0.394 e. The van der Waals surface area contributed by atoms with Crippen LogP contribution in [0.1, 0.15) is 32.6 Å². The number of hydrogen-bond donors (Lipinski definition) is 1. The first kappa shape index (κ1) is 10.3. The van der Waals surface area contributed by atoms with Crippen molar-refractivity contribution in [3.63, 3.8) is 0 Å². The summed E-state index contributed by atoms with van der Waals surface area (Å²) >= 11 is 0. The third-order valence-electron chi connectivity index (χ3n) is 3.69. The van der Waals surface area contributed by atoms with E-state index in [0.717, 1.165) is 6.54 Å². The maximum atomic E-state index is 11.2. The third-order valence-corrected chi connectivity index (χ3v) is 3.69. The molecule has 1 aliphatic carbocycles. The van der Waals surface area contributed by atoms with Gasteiger partial charge in [-0.3, -0.25) is 4.79 Å². The molecule has 82 valence electrons. The van der Waals surface area contributed by atoms with E-state index in [4.69, 9.17) is 5.73 Å². The molecule has 0 saturated heterocycles. The van der Waals surface area contributed by atoms with Crippen LogP contribution in [0.15, 0.2) is 23.3 Å². The van der Waals surface area contributed by atoms with Crippen molar-refractivity contribution >= 4 is 5.69 Å². The first-order chi connectivity index (χ1) is 7.15. The zero-order valence-electron chi connectivity index (χ0n) is 9.20. The number of pyridine rings is 1. The van der Waals surface area contributed by atoms with Gasteiger partial charge in [-0.25, -0.2) is 0 Å². The average molecular weight is 206 g/mol. The van der Waals surface area contributed by atoms with Crippen molar-refractivity contribution < 1.29 is 0 Å². The molecule has 0 amide bonds. The van der Waals surface area contributed by atoms with Gasteiger partial charge in [-0.05, 0) is 24.7 Å². The van der Waals surface area contributed by atoms with Crippen LogP contribution in [0.5, 0.6) is 0 Å². The number of nitrogen functional groups attached to an aromatic ring is 1. The Bertz CT molecular complexity index is 399. The summed E-state index contributed by atoms with van der Waals surface area (Å²) in [5.74, 6) is 0. The number of rotatable bonds is 3. The summed E-state index contributed by atoms with van der Waals surface area (Å²) in [6, 6.07) is 1.55. The van der Waals surface area contributed by atoms with Gasteiger partial charge in [-0.2, -0.15) is 0 Å². The Morgan fingerprint density at radius 3 is 2.73 bits per heavy atom. The molecule has 1 saturated carbocycles. The average Bonchev–Trinajstić information content (AvgIpc) is 2.17. The topological polar surface area (TPSA) is 48.0 Å². The highest BCUT2D eigenvalue weighted by Gasteiger charge is 2.34. The molecule has 0 aromatic carbocycles. The smallest absolute Gasteiger partial charge is 0.204 e. The van der Waals surface area contributed by atoms with Crippen LogP contribution in [0.25, 0.3) is 0 Å². The zero-order chi connectivity index (χ0) is 10.9. The van der Waals surface area contributed by atoms with E-state index in [1.807, 2.05) is 6.20 Å². The van der Waals surface area contributed by atoms with E-state index in [0.29, 0.717) is 11.1 Å². The number of hydrogen-bond acceptors (Lipinski definition) is 2. The number of nitrogens with zero attached hydrogens (tertiary/aromatic N) is 1. The van der Waals surface area contributed by atoms with Crippen LogP contribution in [0, 0.1) is 5.41 Å². The van der Waals surface area contributed by atoms with Gasteiger partial charge in [0.25, 0.3) is 0 Å². The minimum absolute atomic E-state index is 0.0783. The van der Waals surface area contributed by atoms with E-state index in [9.17, 15) is 4.79 Å². The van der Waals surface area contributed by atoms with E-state index in [2.05, 4.69) is 11.5 Å². The lowest BCUT2D eigenvalue weighted by Crippen LogP contribution is -2.33. The second-order valence-corrected chi connectivity index (χ2v) is 4.64. The molecule has 1 aliphatic rings. The minimum atomic E-state index is -0.0783. The van der Waals surface area contributed by atoms with Crippen molar-refractivity contribution in [2.24, 2.45) is 5.41 Å². The summed E-state index contributed by atoms with van der Waals surface area (Å²) in [4.78, 5) is 11.2. The molecule has 1 aromatic rings. The molecule has 1 heterocycles. The fourth-order valence-electron chi connectivity index (χ4n) is 2.33. The van der Waals surface area contributed by atoms with Gasteiger partial charge in [0.05, 0.1) is 5.69 Å². The highest BCUT2D eigenvalue weighted by molar-refractivity contribution is 5.33. The van der Waals surface area contributed by atoms with Crippen LogP contribution >= 0.6 is 0 Å². The largest absolute Gasteiger partial charge is 0.394 e. The summed E-state index contributed by atoms with van der Waals surface area (Å²) in [6.07, 6.45) is 8.75. The van der Waals surface area contributed by atoms with E-state index in [1.54, 1.807) is 12.3 Å². The second-order valence-electron chi connectivity index (χ2n) is 4.64. The summed E-state index contributed by atoms with van der Waals surface area (Å²) < 4.78 is 2.05. The fourth-order valence-corrected chi connectivity index (χ4v) is 2.33. The predicted octanol–water partition coefficient (Wildman–Crippen LogP) is 2.01. The second kappa shape index (κ2) is 3.72. The normalized spacial score (nSPS) is 18.5. The van der Waals surface area contributed by atoms with Gasteiger partial charge in [0.1, 0.15) is 0 Å². The SMILES string of the molecule is CCC1(Cn2ccc(=O)c(N)c2)CCC1. The maximum Gasteiger partial charge on any atom is 0.204 e. The molecule has 0 unspecified atom stereocenters. The molecule has 0 atom stereocenters. The molecule has 3 heteroatoms. The lowest BCUT2D eigenvalue weighted by molar-refractivity contribution is 0.100. The maximum absolute atomic E-state index is 11.2. The molecule has 1 fully saturated rings. The van der Waals surface area contributed by atoms with Gasteiger partial charge < -0.3 is 10.3 Å². The van der Waals surface area contributed by atoms with Crippen LogP contribution in [0.3, 0.4) is 0 Å². The molecule has 2 rings (SSSR count). The highest BCUT2D eigenvalue weighted by atomic mass is 16.1. The zero-order valence-corrected chi connectivity index (χ0v) is 9.20. The van der Waals surface area contributed by atoms with Crippen molar-refractivity contribution in [1.82, 2.24) is 4.57 Å². The Balaban J connectivity index is 2.17. The highest BCUT2D eigenvalue weighted by Crippen LogP contribution is 2.45. The quantitative estimate of drug-likeness (QED) is 0.822. The fraction of sp³-hybridized carbons (Fsp3) is 0.583. The molecule has 3 nitrogen and oxygen atoms in total. The molecule has 0 radical (unpaired) electrons. The molecule has 0 aliphatic heterocycles. The number of nitrogens with two attached hydrogens (primary N) is 1. The summed E-state index contributed by atoms with van der Waals surface area (Å²) in [5, 5.41) is 0. The van der Waals surface area contributed by atoms with Gasteiger partial charge in [0, 0.05) is 25.0 Å². The molecule has 15 heavy (non-hydrogen) atoms. The first-order valence-electron chi connectivity index (χ1n) is 5.61. The Morgan fingerprint density at radius 2 is 2.27 bits per heavy atom. The van der Waals surface area contributed by atoms with Crippen LogP contribution in [-0.4, -0.2) is 4.57 Å². The Morgan fingerprint density at radius 1 is 1.53 bits per heavy atom. The van der Waals surface area contributed by atoms with E-state index >= 15 is 0 Å². The number of anilines is 1. The molecule has 0 bridgehead atoms. The monoisotopic (exact) mass is 206 g/mol. The summed E-state index contributed by atoms with van der Waals surface area (Å²) in [7, 11) is 0. The van der Waals surface area contributed by atoms with Gasteiger partial charge in [0.15, 0.2) is 0 Å². The van der Waals surface area contributed by atoms with E-state index in [1.165, 1.54) is 25.7 Å². The van der Waals surface area contributed by atoms with Crippen LogP contribution in [-0.2, 0) is 6.54 Å². The first-order valence-corrected chi connectivity index (χ1v) is 5.61. The Kier molecular flexibility index (Phi) is 2.55. The predicted molar refractivity (Wildman–Crippen MR) is 61.7 cm³/mol. The molecule has 2 N–H and O–H groups in total. The molecule has 1 aromatic heterocycles. The number of aromatic nitrogens is 1. The Hall–Kier alpha value is -1.25. The summed E-state index contributed by atoms with van der Waals surface area (Å²) in [5.41, 5.74) is 6.34. The van der Waals surface area contributed by atoms with Crippen molar-refractivity contribution in [1.29, 1.82) is 0 Å². The van der Waals surface area contributed by atoms with Crippen molar-refractivity contribution in [2.45, 2.75) is 39.2 Å². The van der Waals surface area contributed by atoms with Crippen LogP contribution in [0.2, 0.25) is 0 Å². The molecule has 0 spiro atoms. The Labute approximate surface area is 89.9 Å². The van der Waals surface area contributed by atoms with Crippen molar-refractivity contribution in [2.75, 3.05) is 5.73 Å². The lowest BCUT2D eigenvalue weighted by atomic mass is 9.67. The van der Waals surface area contributed by atoms with E-state index in [-0.39, 0.29) is 5.43 Å².